The molecule has 154 valence electrons. The van der Waals surface area contributed by atoms with Crippen LogP contribution in [-0.2, 0) is 13.0 Å². The van der Waals surface area contributed by atoms with E-state index in [0.29, 0.717) is 18.5 Å². The molecule has 0 bridgehead atoms. The molecule has 3 heterocycles. The Hall–Kier alpha value is -2.48. The number of rotatable bonds is 4. The van der Waals surface area contributed by atoms with Gasteiger partial charge in [0.25, 0.3) is 5.91 Å². The van der Waals surface area contributed by atoms with Crippen LogP contribution in [0.2, 0.25) is 0 Å². The lowest BCUT2D eigenvalue weighted by Crippen LogP contribution is -2.65. The fourth-order valence-corrected chi connectivity index (χ4v) is 4.27. The number of ether oxygens (including phenoxy) is 1. The predicted molar refractivity (Wildman–Crippen MR) is 108 cm³/mol. The van der Waals surface area contributed by atoms with E-state index in [2.05, 4.69) is 22.4 Å². The van der Waals surface area contributed by atoms with Crippen molar-refractivity contribution in [1.29, 1.82) is 0 Å². The van der Waals surface area contributed by atoms with Gasteiger partial charge in [-0.1, -0.05) is 24.3 Å². The van der Waals surface area contributed by atoms with E-state index < -0.39 is 11.6 Å². The summed E-state index contributed by atoms with van der Waals surface area (Å²) in [5, 5.41) is 23.6. The van der Waals surface area contributed by atoms with Gasteiger partial charge in [0.15, 0.2) is 0 Å². The molecule has 2 aromatic rings. The van der Waals surface area contributed by atoms with E-state index in [4.69, 9.17) is 9.84 Å². The highest BCUT2D eigenvalue weighted by atomic mass is 16.5. The molecule has 3 N–H and O–H groups in total. The Labute approximate surface area is 170 Å². The van der Waals surface area contributed by atoms with Gasteiger partial charge < -0.3 is 25.2 Å². The normalized spacial score (nSPS) is 23.7. The number of benzene rings is 1. The Morgan fingerprint density at radius 1 is 1.31 bits per heavy atom. The van der Waals surface area contributed by atoms with Crippen LogP contribution in [0, 0.1) is 6.92 Å². The second-order valence-corrected chi connectivity index (χ2v) is 7.85. The van der Waals surface area contributed by atoms with Crippen molar-refractivity contribution in [2.75, 3.05) is 26.3 Å². The third-order valence-corrected chi connectivity index (χ3v) is 5.96. The number of aliphatic hydroxyl groups excluding tert-OH is 2. The number of piperidine rings is 1. The largest absolute Gasteiger partial charge is 0.475 e. The summed E-state index contributed by atoms with van der Waals surface area (Å²) in [5.74, 6) is 0.0131. The molecule has 2 atom stereocenters. The van der Waals surface area contributed by atoms with Crippen LogP contribution in [0.3, 0.4) is 0 Å². The first-order valence-corrected chi connectivity index (χ1v) is 10.0. The van der Waals surface area contributed by atoms with E-state index in [1.807, 2.05) is 19.1 Å². The molecule has 1 fully saturated rings. The molecule has 7 heteroatoms. The number of nitrogens with zero attached hydrogens (tertiary/aromatic N) is 2. The first-order valence-electron chi connectivity index (χ1n) is 10.0. The van der Waals surface area contributed by atoms with Crippen LogP contribution in [0.5, 0.6) is 5.88 Å². The van der Waals surface area contributed by atoms with Crippen LogP contribution >= 0.6 is 0 Å². The van der Waals surface area contributed by atoms with E-state index in [-0.39, 0.29) is 31.5 Å². The average molecular weight is 397 g/mol. The van der Waals surface area contributed by atoms with Crippen molar-refractivity contribution < 1.29 is 19.7 Å². The van der Waals surface area contributed by atoms with E-state index >= 15 is 0 Å². The third-order valence-electron chi connectivity index (χ3n) is 5.96. The predicted octanol–water partition coefficient (Wildman–Crippen LogP) is 1.05. The summed E-state index contributed by atoms with van der Waals surface area (Å²) >= 11 is 0. The molecule has 0 unspecified atom stereocenters. The van der Waals surface area contributed by atoms with Gasteiger partial charge in [0.2, 0.25) is 5.88 Å². The molecule has 0 aliphatic carbocycles. The number of aromatic nitrogens is 1. The maximum Gasteiger partial charge on any atom is 0.259 e. The SMILES string of the molecule is Cc1ccc(C(=O)N2CC[C@]3(Cc4ccccc4CN3)[C@H](O)C2)c(OCCO)n1. The molecular formula is C22H27N3O4. The maximum atomic E-state index is 13.1. The van der Waals surface area contributed by atoms with E-state index in [1.165, 1.54) is 11.1 Å². The maximum absolute atomic E-state index is 13.1. The zero-order valence-electron chi connectivity index (χ0n) is 16.6. The zero-order chi connectivity index (χ0) is 20.4. The van der Waals surface area contributed by atoms with Crippen LogP contribution in [0.4, 0.5) is 0 Å². The van der Waals surface area contributed by atoms with Crippen LogP contribution < -0.4 is 10.1 Å². The summed E-state index contributed by atoms with van der Waals surface area (Å²) < 4.78 is 5.47. The fourth-order valence-electron chi connectivity index (χ4n) is 4.27. The van der Waals surface area contributed by atoms with E-state index in [1.54, 1.807) is 17.0 Å². The van der Waals surface area contributed by atoms with E-state index in [9.17, 15) is 9.90 Å². The van der Waals surface area contributed by atoms with Crippen molar-refractivity contribution in [2.45, 2.75) is 38.0 Å². The van der Waals surface area contributed by atoms with Gasteiger partial charge in [-0.15, -0.1) is 0 Å². The second-order valence-electron chi connectivity index (χ2n) is 7.85. The first-order chi connectivity index (χ1) is 14.0. The van der Waals surface area contributed by atoms with Gasteiger partial charge in [-0.3, -0.25) is 4.79 Å². The number of aliphatic hydroxyl groups is 2. The summed E-state index contributed by atoms with van der Waals surface area (Å²) in [7, 11) is 0. The molecule has 7 nitrogen and oxygen atoms in total. The van der Waals surface area contributed by atoms with Crippen LogP contribution in [0.25, 0.3) is 0 Å². The van der Waals surface area contributed by atoms with Crippen molar-refractivity contribution in [1.82, 2.24) is 15.2 Å². The summed E-state index contributed by atoms with van der Waals surface area (Å²) in [6.45, 7) is 3.26. The Kier molecular flexibility index (Phi) is 5.54. The standard InChI is InChI=1S/C22H27N3O4/c1-15-6-7-18(20(24-15)29-11-10-26)21(28)25-9-8-22(19(27)14-25)12-16-4-2-3-5-17(16)13-23-22/h2-7,19,23,26-27H,8-14H2,1H3/t19-,22+/m1/s1. The molecule has 1 amide bonds. The molecular weight excluding hydrogens is 370 g/mol. The van der Waals surface area contributed by atoms with Gasteiger partial charge in [-0.05, 0) is 43.0 Å². The van der Waals surface area contributed by atoms with Gasteiger partial charge >= 0.3 is 0 Å². The summed E-state index contributed by atoms with van der Waals surface area (Å²) in [6, 6.07) is 11.7. The number of nitrogens with one attached hydrogen (secondary N) is 1. The Bertz CT molecular complexity index is 903. The number of hydrogen-bond acceptors (Lipinski definition) is 6. The first kappa shape index (κ1) is 19.8. The molecule has 1 saturated heterocycles. The van der Waals surface area contributed by atoms with Crippen LogP contribution in [0.1, 0.15) is 33.6 Å². The van der Waals surface area contributed by atoms with Gasteiger partial charge in [0.1, 0.15) is 12.2 Å². The minimum atomic E-state index is -0.672. The number of β-amino-alcohol motifs (C(OH)–C–C–N with tert-alkyl or cyclic N) is 1. The molecule has 2 aliphatic rings. The summed E-state index contributed by atoms with van der Waals surface area (Å²) in [5.41, 5.74) is 3.20. The highest BCUT2D eigenvalue weighted by Crippen LogP contribution is 2.33. The number of carbonyl (C=O) groups excluding carboxylic acids is 1. The quantitative estimate of drug-likeness (QED) is 0.714. The lowest BCUT2D eigenvalue weighted by atomic mass is 9.76. The second kappa shape index (κ2) is 8.10. The molecule has 2 aliphatic heterocycles. The average Bonchev–Trinajstić information content (AvgIpc) is 2.74. The van der Waals surface area contributed by atoms with Gasteiger partial charge in [0.05, 0.1) is 18.2 Å². The number of amides is 1. The lowest BCUT2D eigenvalue weighted by molar-refractivity contribution is -0.0139. The van der Waals surface area contributed by atoms with E-state index in [0.717, 1.165) is 18.7 Å². The number of pyridine rings is 1. The topological polar surface area (TPSA) is 94.9 Å². The number of likely N-dealkylation sites (tertiary alicyclic amines) is 1. The van der Waals surface area contributed by atoms with Gasteiger partial charge in [0, 0.05) is 25.3 Å². The molecule has 0 radical (unpaired) electrons. The van der Waals surface area contributed by atoms with Crippen molar-refractivity contribution in [3.8, 4) is 5.88 Å². The monoisotopic (exact) mass is 397 g/mol. The van der Waals surface area contributed by atoms with Crippen LogP contribution in [0.15, 0.2) is 36.4 Å². The number of aryl methyl sites for hydroxylation is 1. The minimum absolute atomic E-state index is 0.0752. The van der Waals surface area contributed by atoms with Gasteiger partial charge in [-0.2, -0.15) is 0 Å². The molecule has 29 heavy (non-hydrogen) atoms. The molecule has 1 aromatic carbocycles. The number of hydrogen-bond donors (Lipinski definition) is 3. The molecule has 1 aromatic heterocycles. The Balaban J connectivity index is 1.50. The highest BCUT2D eigenvalue weighted by molar-refractivity contribution is 5.96. The third kappa shape index (κ3) is 3.85. The Morgan fingerprint density at radius 3 is 2.86 bits per heavy atom. The van der Waals surface area contributed by atoms with Crippen molar-refractivity contribution in [3.05, 3.63) is 58.8 Å². The molecule has 1 spiro atoms. The van der Waals surface area contributed by atoms with Crippen LogP contribution in [-0.4, -0.2) is 64.0 Å². The smallest absolute Gasteiger partial charge is 0.259 e. The van der Waals surface area contributed by atoms with Crippen molar-refractivity contribution >= 4 is 5.91 Å². The fraction of sp³-hybridized carbons (Fsp3) is 0.455. The number of fused-ring (bicyclic) bond motifs is 1. The molecule has 0 saturated carbocycles. The summed E-state index contributed by atoms with van der Waals surface area (Å²) in [6.07, 6.45) is 0.748. The van der Waals surface area contributed by atoms with Gasteiger partial charge in [-0.25, -0.2) is 4.98 Å². The minimum Gasteiger partial charge on any atom is -0.475 e. The number of carbonyl (C=O) groups is 1. The van der Waals surface area contributed by atoms with Crippen molar-refractivity contribution in [2.24, 2.45) is 0 Å². The zero-order valence-corrected chi connectivity index (χ0v) is 16.6. The highest BCUT2D eigenvalue weighted by Gasteiger charge is 2.45. The lowest BCUT2D eigenvalue weighted by Gasteiger charge is -2.48. The molecule has 4 rings (SSSR count). The summed E-state index contributed by atoms with van der Waals surface area (Å²) in [4.78, 5) is 19.1. The van der Waals surface area contributed by atoms with Crippen molar-refractivity contribution in [3.63, 3.8) is 0 Å². The Morgan fingerprint density at radius 2 is 2.10 bits per heavy atom.